The average Bonchev–Trinajstić information content (AvgIpc) is 2.71. The van der Waals surface area contributed by atoms with Gasteiger partial charge in [-0.05, 0) is 98.3 Å². The molecular formula is C18H30BrNS. The Bertz CT molecular complexity index is 458. The van der Waals surface area contributed by atoms with Gasteiger partial charge in [-0.1, -0.05) is 13.8 Å². The van der Waals surface area contributed by atoms with Crippen molar-refractivity contribution in [1.82, 2.24) is 5.32 Å². The van der Waals surface area contributed by atoms with Crippen LogP contribution < -0.4 is 5.32 Å². The molecule has 1 aromatic rings. The molecule has 2 atom stereocenters. The summed E-state index contributed by atoms with van der Waals surface area (Å²) < 4.78 is 1.26. The van der Waals surface area contributed by atoms with Crippen LogP contribution in [0.4, 0.5) is 0 Å². The number of nitrogens with one attached hydrogen (secondary N) is 1. The minimum absolute atomic E-state index is 0.226. The third-order valence-corrected chi connectivity index (χ3v) is 6.31. The molecule has 1 N–H and O–H groups in total. The Labute approximate surface area is 143 Å². The highest BCUT2D eigenvalue weighted by molar-refractivity contribution is 9.11. The molecule has 1 nitrogen and oxygen atoms in total. The maximum atomic E-state index is 3.73. The lowest BCUT2D eigenvalue weighted by Gasteiger charge is -2.42. The molecule has 2 unspecified atom stereocenters. The lowest BCUT2D eigenvalue weighted by molar-refractivity contribution is 0.112. The Morgan fingerprint density at radius 3 is 2.57 bits per heavy atom. The first-order valence-corrected chi connectivity index (χ1v) is 9.75. The average molecular weight is 372 g/mol. The number of hydrogen-bond acceptors (Lipinski definition) is 2. The van der Waals surface area contributed by atoms with Gasteiger partial charge in [0, 0.05) is 10.4 Å². The summed E-state index contributed by atoms with van der Waals surface area (Å²) >= 11 is 5.50. The van der Waals surface area contributed by atoms with Crippen molar-refractivity contribution in [1.29, 1.82) is 0 Å². The molecule has 0 aromatic carbocycles. The molecule has 1 aliphatic rings. The van der Waals surface area contributed by atoms with Crippen LogP contribution in [0.1, 0.15) is 58.8 Å². The Morgan fingerprint density at radius 2 is 2.00 bits per heavy atom. The molecule has 1 aromatic heterocycles. The smallest absolute Gasteiger partial charge is 0.0701 e. The standard InChI is InChI=1S/C18H30BrNS/c1-17(2,3)20-12-13-8-9-18(4,5)11-14(13)10-15-6-7-16(19)21-15/h6-7,13-14,20H,8-12H2,1-5H3. The fourth-order valence-electron chi connectivity index (χ4n) is 3.46. The van der Waals surface area contributed by atoms with Crippen LogP contribution in [-0.4, -0.2) is 12.1 Å². The second kappa shape index (κ2) is 6.72. The van der Waals surface area contributed by atoms with Crippen LogP contribution in [0.5, 0.6) is 0 Å². The van der Waals surface area contributed by atoms with Gasteiger partial charge < -0.3 is 5.32 Å². The van der Waals surface area contributed by atoms with E-state index in [2.05, 4.69) is 68.0 Å². The molecule has 1 heterocycles. The van der Waals surface area contributed by atoms with E-state index >= 15 is 0 Å². The first-order valence-electron chi connectivity index (χ1n) is 8.14. The maximum absolute atomic E-state index is 3.73. The number of hydrogen-bond donors (Lipinski definition) is 1. The summed E-state index contributed by atoms with van der Waals surface area (Å²) in [6.07, 6.45) is 5.34. The lowest BCUT2D eigenvalue weighted by Crippen LogP contribution is -2.43. The van der Waals surface area contributed by atoms with E-state index in [1.54, 1.807) is 0 Å². The molecule has 0 amide bonds. The second-order valence-electron chi connectivity index (χ2n) is 8.47. The van der Waals surface area contributed by atoms with Crippen LogP contribution >= 0.6 is 27.3 Å². The molecule has 2 rings (SSSR count). The van der Waals surface area contributed by atoms with E-state index in [9.17, 15) is 0 Å². The highest BCUT2D eigenvalue weighted by Gasteiger charge is 2.35. The van der Waals surface area contributed by atoms with Crippen molar-refractivity contribution in [3.63, 3.8) is 0 Å². The zero-order chi connectivity index (χ0) is 15.7. The molecule has 1 saturated carbocycles. The van der Waals surface area contributed by atoms with Crippen molar-refractivity contribution in [2.75, 3.05) is 6.54 Å². The molecule has 1 aliphatic carbocycles. The monoisotopic (exact) mass is 371 g/mol. The van der Waals surface area contributed by atoms with E-state index in [1.807, 2.05) is 11.3 Å². The Hall–Kier alpha value is 0.140. The van der Waals surface area contributed by atoms with Crippen molar-refractivity contribution >= 4 is 27.3 Å². The van der Waals surface area contributed by atoms with Crippen LogP contribution in [0.3, 0.4) is 0 Å². The number of rotatable bonds is 4. The zero-order valence-electron chi connectivity index (χ0n) is 14.1. The minimum Gasteiger partial charge on any atom is -0.312 e. The fourth-order valence-corrected chi connectivity index (χ4v) is 5.03. The van der Waals surface area contributed by atoms with Gasteiger partial charge in [0.25, 0.3) is 0 Å². The van der Waals surface area contributed by atoms with Crippen molar-refractivity contribution < 1.29 is 0 Å². The van der Waals surface area contributed by atoms with E-state index < -0.39 is 0 Å². The summed E-state index contributed by atoms with van der Waals surface area (Å²) in [4.78, 5) is 1.53. The zero-order valence-corrected chi connectivity index (χ0v) is 16.5. The highest BCUT2D eigenvalue weighted by Crippen LogP contribution is 2.43. The van der Waals surface area contributed by atoms with Gasteiger partial charge in [0.15, 0.2) is 0 Å². The van der Waals surface area contributed by atoms with Gasteiger partial charge in [0.1, 0.15) is 0 Å². The molecule has 0 aliphatic heterocycles. The topological polar surface area (TPSA) is 12.0 Å². The van der Waals surface area contributed by atoms with Crippen molar-refractivity contribution in [3.8, 4) is 0 Å². The van der Waals surface area contributed by atoms with E-state index in [1.165, 1.54) is 34.3 Å². The number of thiophene rings is 1. The van der Waals surface area contributed by atoms with E-state index in [0.717, 1.165) is 18.4 Å². The van der Waals surface area contributed by atoms with E-state index in [0.29, 0.717) is 5.41 Å². The van der Waals surface area contributed by atoms with Crippen molar-refractivity contribution in [3.05, 3.63) is 20.8 Å². The highest BCUT2D eigenvalue weighted by atomic mass is 79.9. The fraction of sp³-hybridized carbons (Fsp3) is 0.778. The molecule has 120 valence electrons. The van der Waals surface area contributed by atoms with Gasteiger partial charge in [-0.2, -0.15) is 0 Å². The molecular weight excluding hydrogens is 342 g/mol. The number of halogens is 1. The molecule has 0 bridgehead atoms. The summed E-state index contributed by atoms with van der Waals surface area (Å²) in [6.45, 7) is 12.9. The molecule has 0 radical (unpaired) electrons. The second-order valence-corrected chi connectivity index (χ2v) is 11.0. The third-order valence-electron chi connectivity index (χ3n) is 4.66. The first kappa shape index (κ1) is 17.5. The Morgan fingerprint density at radius 1 is 1.29 bits per heavy atom. The molecule has 21 heavy (non-hydrogen) atoms. The van der Waals surface area contributed by atoms with Gasteiger partial charge in [-0.15, -0.1) is 11.3 Å². The molecule has 1 fully saturated rings. The van der Waals surface area contributed by atoms with Gasteiger partial charge in [0.2, 0.25) is 0 Å². The van der Waals surface area contributed by atoms with E-state index in [4.69, 9.17) is 0 Å². The maximum Gasteiger partial charge on any atom is 0.0701 e. The Kier molecular flexibility index (Phi) is 5.60. The van der Waals surface area contributed by atoms with E-state index in [-0.39, 0.29) is 5.54 Å². The van der Waals surface area contributed by atoms with Crippen LogP contribution in [0.15, 0.2) is 15.9 Å². The SMILES string of the molecule is CC1(C)CCC(CNC(C)(C)C)C(Cc2ccc(Br)s2)C1. The third kappa shape index (κ3) is 5.69. The van der Waals surface area contributed by atoms with Gasteiger partial charge in [0.05, 0.1) is 3.79 Å². The largest absolute Gasteiger partial charge is 0.312 e. The van der Waals surface area contributed by atoms with Crippen molar-refractivity contribution in [2.24, 2.45) is 17.3 Å². The van der Waals surface area contributed by atoms with Gasteiger partial charge in [-0.25, -0.2) is 0 Å². The summed E-state index contributed by atoms with van der Waals surface area (Å²) in [6, 6.07) is 4.49. The van der Waals surface area contributed by atoms with Crippen LogP contribution in [0.2, 0.25) is 0 Å². The Balaban J connectivity index is 2.03. The van der Waals surface area contributed by atoms with Crippen LogP contribution in [0, 0.1) is 17.3 Å². The quantitative estimate of drug-likeness (QED) is 0.695. The normalized spacial score (nSPS) is 26.0. The lowest BCUT2D eigenvalue weighted by atomic mass is 9.66. The van der Waals surface area contributed by atoms with Crippen molar-refractivity contribution in [2.45, 2.75) is 65.8 Å². The minimum atomic E-state index is 0.226. The summed E-state index contributed by atoms with van der Waals surface area (Å²) in [5.74, 6) is 1.63. The molecule has 0 spiro atoms. The summed E-state index contributed by atoms with van der Waals surface area (Å²) in [5.41, 5.74) is 0.737. The van der Waals surface area contributed by atoms with Gasteiger partial charge >= 0.3 is 0 Å². The predicted octanol–water partition coefficient (Wildman–Crippen LogP) is 5.88. The summed E-state index contributed by atoms with van der Waals surface area (Å²) in [7, 11) is 0. The molecule has 0 saturated heterocycles. The summed E-state index contributed by atoms with van der Waals surface area (Å²) in [5, 5.41) is 3.73. The molecule has 3 heteroatoms. The predicted molar refractivity (Wildman–Crippen MR) is 98.1 cm³/mol. The van der Waals surface area contributed by atoms with Crippen LogP contribution in [-0.2, 0) is 6.42 Å². The van der Waals surface area contributed by atoms with Gasteiger partial charge in [-0.3, -0.25) is 0 Å². The first-order chi connectivity index (χ1) is 9.65. The van der Waals surface area contributed by atoms with Crippen LogP contribution in [0.25, 0.3) is 0 Å².